The molecule has 0 unspecified atom stereocenters. The highest BCUT2D eigenvalue weighted by atomic mass is 16.4. The fraction of sp³-hybridized carbons (Fsp3) is 0.800. The van der Waals surface area contributed by atoms with Gasteiger partial charge >= 0.3 is 5.97 Å². The Morgan fingerprint density at radius 2 is 2.00 bits per heavy atom. The number of hydrogen-bond donors (Lipinski definition) is 2. The molecule has 1 aliphatic rings. The highest BCUT2D eigenvalue weighted by Gasteiger charge is 2.44. The molecule has 15 heavy (non-hydrogen) atoms. The van der Waals surface area contributed by atoms with Gasteiger partial charge in [0.1, 0.15) is 0 Å². The third kappa shape index (κ3) is 2.92. The maximum absolute atomic E-state index is 11.3. The lowest BCUT2D eigenvalue weighted by Gasteiger charge is -2.37. The molecule has 1 aliphatic carbocycles. The first-order valence-electron chi connectivity index (χ1n) is 5.11. The summed E-state index contributed by atoms with van der Waals surface area (Å²) in [5, 5.41) is 11.7. The van der Waals surface area contributed by atoms with E-state index in [1.165, 1.54) is 0 Å². The molecule has 86 valence electrons. The summed E-state index contributed by atoms with van der Waals surface area (Å²) in [4.78, 5) is 24.0. The summed E-state index contributed by atoms with van der Waals surface area (Å²) in [5.74, 6) is -0.911. The van der Waals surface area contributed by atoms with E-state index in [1.807, 2.05) is 0 Å². The highest BCUT2D eigenvalue weighted by molar-refractivity contribution is 5.80. The molecule has 0 aromatic rings. The fourth-order valence-electron chi connectivity index (χ4n) is 1.68. The van der Waals surface area contributed by atoms with Crippen LogP contribution in [0.15, 0.2) is 0 Å². The number of aliphatic carboxylic acids is 1. The molecule has 2 N–H and O–H groups in total. The van der Waals surface area contributed by atoms with Gasteiger partial charge in [0.05, 0.1) is 12.0 Å². The van der Waals surface area contributed by atoms with Gasteiger partial charge in [0.25, 0.3) is 0 Å². The molecule has 0 aromatic heterocycles. The maximum Gasteiger partial charge on any atom is 0.311 e. The molecule has 0 atom stereocenters. The van der Waals surface area contributed by atoms with Crippen LogP contribution < -0.4 is 5.32 Å². The number of nitrogens with zero attached hydrogens (tertiary/aromatic N) is 1. The van der Waals surface area contributed by atoms with Crippen molar-refractivity contribution in [3.63, 3.8) is 0 Å². The molecule has 1 saturated carbocycles. The van der Waals surface area contributed by atoms with Crippen molar-refractivity contribution in [3.05, 3.63) is 0 Å². The molecule has 0 aromatic carbocycles. The van der Waals surface area contributed by atoms with Crippen LogP contribution in [-0.2, 0) is 9.59 Å². The predicted molar refractivity (Wildman–Crippen MR) is 55.5 cm³/mol. The molecule has 1 amide bonds. The number of carbonyl (C=O) groups is 2. The topological polar surface area (TPSA) is 69.6 Å². The van der Waals surface area contributed by atoms with Crippen molar-refractivity contribution >= 4 is 11.9 Å². The summed E-state index contributed by atoms with van der Waals surface area (Å²) in [6.45, 7) is 0.560. The van der Waals surface area contributed by atoms with Crippen LogP contribution in [0.2, 0.25) is 0 Å². The molecule has 1 fully saturated rings. The number of carboxylic acids is 1. The minimum atomic E-state index is -0.793. The molecule has 0 radical (unpaired) electrons. The van der Waals surface area contributed by atoms with Crippen LogP contribution in [0.1, 0.15) is 19.3 Å². The van der Waals surface area contributed by atoms with Crippen LogP contribution in [0, 0.1) is 5.41 Å². The van der Waals surface area contributed by atoms with Crippen LogP contribution in [0.5, 0.6) is 0 Å². The van der Waals surface area contributed by atoms with Crippen molar-refractivity contribution in [1.82, 2.24) is 10.2 Å². The summed E-state index contributed by atoms with van der Waals surface area (Å²) >= 11 is 0. The van der Waals surface area contributed by atoms with Crippen molar-refractivity contribution in [1.29, 1.82) is 0 Å². The van der Waals surface area contributed by atoms with Crippen LogP contribution in [-0.4, -0.2) is 49.1 Å². The van der Waals surface area contributed by atoms with E-state index in [-0.39, 0.29) is 12.5 Å². The Labute approximate surface area is 89.4 Å². The molecule has 0 aliphatic heterocycles. The van der Waals surface area contributed by atoms with E-state index >= 15 is 0 Å². The van der Waals surface area contributed by atoms with Gasteiger partial charge in [-0.25, -0.2) is 0 Å². The summed E-state index contributed by atoms with van der Waals surface area (Å²) < 4.78 is 0. The SMILES string of the molecule is CN(C)CC(=O)NCC1(C(=O)O)CCC1. The third-order valence-corrected chi connectivity index (χ3v) is 2.85. The monoisotopic (exact) mass is 214 g/mol. The quantitative estimate of drug-likeness (QED) is 0.671. The first-order chi connectivity index (χ1) is 6.96. The number of carboxylic acid groups (broad SMARTS) is 1. The number of nitrogens with one attached hydrogen (secondary N) is 1. The van der Waals surface area contributed by atoms with Crippen molar-refractivity contribution in [2.24, 2.45) is 5.41 Å². The number of carbonyl (C=O) groups excluding carboxylic acids is 1. The lowest BCUT2D eigenvalue weighted by atomic mass is 9.69. The van der Waals surface area contributed by atoms with Crippen LogP contribution in [0.4, 0.5) is 0 Å². The van der Waals surface area contributed by atoms with Crippen LogP contribution >= 0.6 is 0 Å². The van der Waals surface area contributed by atoms with Gasteiger partial charge in [0.15, 0.2) is 0 Å². The van der Waals surface area contributed by atoms with Gasteiger partial charge in [-0.3, -0.25) is 9.59 Å². The molecular formula is C10H18N2O3. The van der Waals surface area contributed by atoms with E-state index in [2.05, 4.69) is 5.32 Å². The van der Waals surface area contributed by atoms with Crippen molar-refractivity contribution in [2.75, 3.05) is 27.2 Å². The lowest BCUT2D eigenvalue weighted by Crippen LogP contribution is -2.48. The standard InChI is InChI=1S/C10H18N2O3/c1-12(2)6-8(13)11-7-10(9(14)15)4-3-5-10/h3-7H2,1-2H3,(H,11,13)(H,14,15). The first kappa shape index (κ1) is 12.0. The Balaban J connectivity index is 2.35. The summed E-state index contributed by atoms with van der Waals surface area (Å²) in [5.41, 5.74) is -0.692. The average Bonchev–Trinajstić information content (AvgIpc) is 1.99. The van der Waals surface area contributed by atoms with Gasteiger partial charge in [-0.15, -0.1) is 0 Å². The molecule has 0 heterocycles. The highest BCUT2D eigenvalue weighted by Crippen LogP contribution is 2.40. The van der Waals surface area contributed by atoms with E-state index in [4.69, 9.17) is 5.11 Å². The third-order valence-electron chi connectivity index (χ3n) is 2.85. The zero-order chi connectivity index (χ0) is 11.5. The Bertz CT molecular complexity index is 259. The van der Waals surface area contributed by atoms with Crippen molar-refractivity contribution in [3.8, 4) is 0 Å². The maximum atomic E-state index is 11.3. The van der Waals surface area contributed by atoms with E-state index in [1.54, 1.807) is 19.0 Å². The molecule has 1 rings (SSSR count). The lowest BCUT2D eigenvalue weighted by molar-refractivity contribution is -0.154. The zero-order valence-corrected chi connectivity index (χ0v) is 9.25. The molecule has 5 nitrogen and oxygen atoms in total. The Morgan fingerprint density at radius 3 is 2.33 bits per heavy atom. The van der Waals surface area contributed by atoms with E-state index < -0.39 is 11.4 Å². The number of rotatable bonds is 5. The van der Waals surface area contributed by atoms with Gasteiger partial charge in [-0.05, 0) is 26.9 Å². The largest absolute Gasteiger partial charge is 0.481 e. The van der Waals surface area contributed by atoms with Crippen LogP contribution in [0.25, 0.3) is 0 Å². The summed E-state index contributed by atoms with van der Waals surface area (Å²) in [7, 11) is 3.60. The van der Waals surface area contributed by atoms with Gasteiger partial charge in [0.2, 0.25) is 5.91 Å². The Hall–Kier alpha value is -1.10. The van der Waals surface area contributed by atoms with Crippen LogP contribution in [0.3, 0.4) is 0 Å². The number of likely N-dealkylation sites (N-methyl/N-ethyl adjacent to an activating group) is 1. The second-order valence-electron chi connectivity index (χ2n) is 4.45. The van der Waals surface area contributed by atoms with Crippen molar-refractivity contribution < 1.29 is 14.7 Å². The van der Waals surface area contributed by atoms with E-state index in [0.717, 1.165) is 6.42 Å². The van der Waals surface area contributed by atoms with Gasteiger partial charge in [0, 0.05) is 6.54 Å². The normalized spacial score (nSPS) is 18.3. The number of amides is 1. The minimum Gasteiger partial charge on any atom is -0.481 e. The second-order valence-corrected chi connectivity index (χ2v) is 4.45. The summed E-state index contributed by atoms with van der Waals surface area (Å²) in [6, 6.07) is 0. The fourth-order valence-corrected chi connectivity index (χ4v) is 1.68. The average molecular weight is 214 g/mol. The zero-order valence-electron chi connectivity index (χ0n) is 9.25. The first-order valence-corrected chi connectivity index (χ1v) is 5.11. The van der Waals surface area contributed by atoms with Gasteiger partial charge < -0.3 is 15.3 Å². The second kappa shape index (κ2) is 4.61. The van der Waals surface area contributed by atoms with E-state index in [0.29, 0.717) is 19.4 Å². The van der Waals surface area contributed by atoms with Crippen molar-refractivity contribution in [2.45, 2.75) is 19.3 Å². The Morgan fingerprint density at radius 1 is 1.40 bits per heavy atom. The minimum absolute atomic E-state index is 0.118. The number of hydrogen-bond acceptors (Lipinski definition) is 3. The molecule has 5 heteroatoms. The van der Waals surface area contributed by atoms with Gasteiger partial charge in [-0.2, -0.15) is 0 Å². The van der Waals surface area contributed by atoms with Gasteiger partial charge in [-0.1, -0.05) is 6.42 Å². The van der Waals surface area contributed by atoms with E-state index in [9.17, 15) is 9.59 Å². The molecule has 0 spiro atoms. The molecular weight excluding hydrogens is 196 g/mol. The smallest absolute Gasteiger partial charge is 0.311 e. The predicted octanol–water partition coefficient (Wildman–Crippen LogP) is -0.0809. The molecule has 0 bridgehead atoms. The summed E-state index contributed by atoms with van der Waals surface area (Å²) in [6.07, 6.45) is 2.28. The molecule has 0 saturated heterocycles. The Kier molecular flexibility index (Phi) is 3.68.